The van der Waals surface area contributed by atoms with Gasteiger partial charge in [-0.3, -0.25) is 0 Å². The van der Waals surface area contributed by atoms with Crippen LogP contribution < -0.4 is 5.32 Å². The van der Waals surface area contributed by atoms with Gasteiger partial charge in [-0.25, -0.2) is 19.7 Å². The molecular formula is C13H14N4O2S. The molecule has 2 aromatic rings. The highest BCUT2D eigenvalue weighted by Crippen LogP contribution is 2.24. The van der Waals surface area contributed by atoms with Crippen LogP contribution in [0.15, 0.2) is 11.7 Å². The first kappa shape index (κ1) is 13.0. The van der Waals surface area contributed by atoms with Crippen molar-refractivity contribution >= 4 is 23.1 Å². The Labute approximate surface area is 119 Å². The lowest BCUT2D eigenvalue weighted by molar-refractivity contribution is 0.0691. The highest BCUT2D eigenvalue weighted by molar-refractivity contribution is 7.09. The van der Waals surface area contributed by atoms with Gasteiger partial charge in [0.25, 0.3) is 0 Å². The lowest BCUT2D eigenvalue weighted by atomic mass is 10.2. The van der Waals surface area contributed by atoms with E-state index in [1.54, 1.807) is 11.7 Å². The molecule has 1 aliphatic carbocycles. The van der Waals surface area contributed by atoms with E-state index < -0.39 is 5.97 Å². The number of carboxylic acid groups (broad SMARTS) is 1. The molecule has 1 aliphatic rings. The Bertz CT molecular complexity index is 641. The largest absolute Gasteiger partial charge is 0.476 e. The number of aryl methyl sites for hydroxylation is 1. The summed E-state index contributed by atoms with van der Waals surface area (Å²) >= 11 is 1.37. The first-order chi connectivity index (χ1) is 9.74. The highest BCUT2D eigenvalue weighted by Gasteiger charge is 2.16. The van der Waals surface area contributed by atoms with E-state index in [4.69, 9.17) is 5.11 Å². The second-order valence-corrected chi connectivity index (χ2v) is 5.55. The Morgan fingerprint density at radius 2 is 2.30 bits per heavy atom. The van der Waals surface area contributed by atoms with E-state index >= 15 is 0 Å². The number of carbonyl (C=O) groups is 1. The second kappa shape index (κ2) is 5.54. The molecule has 0 aromatic carbocycles. The maximum absolute atomic E-state index is 10.7. The quantitative estimate of drug-likeness (QED) is 0.872. The lowest BCUT2D eigenvalue weighted by Gasteiger charge is -2.08. The Morgan fingerprint density at radius 3 is 3.10 bits per heavy atom. The third-order valence-electron chi connectivity index (χ3n) is 3.28. The summed E-state index contributed by atoms with van der Waals surface area (Å²) in [5.41, 5.74) is 2.48. The molecule has 0 spiro atoms. The molecule has 2 heterocycles. The number of rotatable bonds is 5. The summed E-state index contributed by atoms with van der Waals surface area (Å²) in [6, 6.07) is 0. The average molecular weight is 290 g/mol. The third-order valence-corrected chi connectivity index (χ3v) is 4.19. The van der Waals surface area contributed by atoms with Gasteiger partial charge in [-0.15, -0.1) is 11.3 Å². The number of aromatic carboxylic acids is 1. The number of fused-ring (bicyclic) bond motifs is 1. The van der Waals surface area contributed by atoms with Gasteiger partial charge < -0.3 is 10.4 Å². The normalized spacial score (nSPS) is 13.2. The number of carboxylic acids is 1. The molecule has 104 valence electrons. The Morgan fingerprint density at radius 1 is 1.40 bits per heavy atom. The van der Waals surface area contributed by atoms with Crippen molar-refractivity contribution in [2.45, 2.75) is 25.7 Å². The van der Waals surface area contributed by atoms with Crippen LogP contribution in [0.4, 0.5) is 5.82 Å². The minimum Gasteiger partial charge on any atom is -0.476 e. The summed E-state index contributed by atoms with van der Waals surface area (Å²) in [5.74, 6) is -0.0726. The van der Waals surface area contributed by atoms with E-state index in [2.05, 4.69) is 20.3 Å². The molecule has 0 fully saturated rings. The Hall–Kier alpha value is -2.02. The minimum absolute atomic E-state index is 0.118. The average Bonchev–Trinajstić information content (AvgIpc) is 3.07. The van der Waals surface area contributed by atoms with Gasteiger partial charge in [-0.2, -0.15) is 0 Å². The van der Waals surface area contributed by atoms with E-state index in [1.807, 2.05) is 0 Å². The fourth-order valence-electron chi connectivity index (χ4n) is 2.32. The number of aromatic nitrogens is 3. The minimum atomic E-state index is -0.978. The number of anilines is 1. The Balaban J connectivity index is 1.60. The highest BCUT2D eigenvalue weighted by atomic mass is 32.1. The summed E-state index contributed by atoms with van der Waals surface area (Å²) in [7, 11) is 0. The van der Waals surface area contributed by atoms with Crippen LogP contribution in [0.3, 0.4) is 0 Å². The van der Waals surface area contributed by atoms with Gasteiger partial charge in [0.15, 0.2) is 5.69 Å². The standard InChI is InChI=1S/C13H14N4O2S/c18-13(19)10-6-20-11(17-10)4-5-14-12-8-2-1-3-9(8)15-7-16-12/h6-7H,1-5H2,(H,18,19)(H,14,15,16). The van der Waals surface area contributed by atoms with Crippen LogP contribution in [-0.4, -0.2) is 32.6 Å². The molecule has 3 rings (SSSR count). The van der Waals surface area contributed by atoms with E-state index in [9.17, 15) is 4.79 Å². The first-order valence-electron chi connectivity index (χ1n) is 6.48. The second-order valence-electron chi connectivity index (χ2n) is 4.61. The smallest absolute Gasteiger partial charge is 0.355 e. The van der Waals surface area contributed by atoms with Crippen LogP contribution in [0, 0.1) is 0 Å². The zero-order valence-corrected chi connectivity index (χ0v) is 11.6. The van der Waals surface area contributed by atoms with Gasteiger partial charge in [-0.1, -0.05) is 0 Å². The SMILES string of the molecule is O=C(O)c1csc(CCNc2ncnc3c2CCC3)n1. The molecule has 20 heavy (non-hydrogen) atoms. The van der Waals surface area contributed by atoms with Gasteiger partial charge in [-0.05, 0) is 19.3 Å². The summed E-state index contributed by atoms with van der Waals surface area (Å²) in [4.78, 5) is 23.4. The molecule has 0 saturated heterocycles. The monoisotopic (exact) mass is 290 g/mol. The Kier molecular flexibility index (Phi) is 3.60. The van der Waals surface area contributed by atoms with Gasteiger partial charge in [0, 0.05) is 29.6 Å². The summed E-state index contributed by atoms with van der Waals surface area (Å²) in [5, 5.41) is 14.5. The number of nitrogens with zero attached hydrogens (tertiary/aromatic N) is 3. The van der Waals surface area contributed by atoms with Gasteiger partial charge in [0.1, 0.15) is 12.1 Å². The molecule has 0 amide bonds. The molecule has 0 atom stereocenters. The van der Waals surface area contributed by atoms with Gasteiger partial charge in [0.2, 0.25) is 0 Å². The van der Waals surface area contributed by atoms with Crippen molar-refractivity contribution in [3.05, 3.63) is 33.7 Å². The third kappa shape index (κ3) is 2.62. The summed E-state index contributed by atoms with van der Waals surface area (Å²) in [6.45, 7) is 0.691. The lowest BCUT2D eigenvalue weighted by Crippen LogP contribution is -2.09. The van der Waals surface area contributed by atoms with Crippen molar-refractivity contribution in [2.24, 2.45) is 0 Å². The molecular weight excluding hydrogens is 276 g/mol. The predicted molar refractivity (Wildman–Crippen MR) is 75.3 cm³/mol. The molecule has 0 saturated carbocycles. The maximum atomic E-state index is 10.7. The first-order valence-corrected chi connectivity index (χ1v) is 7.36. The molecule has 2 N–H and O–H groups in total. The summed E-state index contributed by atoms with van der Waals surface area (Å²) < 4.78 is 0. The number of nitrogens with one attached hydrogen (secondary N) is 1. The number of thiazole rings is 1. The van der Waals surface area contributed by atoms with Gasteiger partial charge in [0.05, 0.1) is 5.01 Å². The molecule has 7 heteroatoms. The fourth-order valence-corrected chi connectivity index (χ4v) is 3.10. The zero-order chi connectivity index (χ0) is 13.9. The molecule has 0 bridgehead atoms. The van der Waals surface area contributed by atoms with E-state index in [0.717, 1.165) is 35.8 Å². The summed E-state index contributed by atoms with van der Waals surface area (Å²) in [6.07, 6.45) is 5.48. The molecule has 0 aliphatic heterocycles. The van der Waals surface area contributed by atoms with Crippen molar-refractivity contribution in [3.8, 4) is 0 Å². The van der Waals surface area contributed by atoms with Crippen LogP contribution in [0.25, 0.3) is 0 Å². The van der Waals surface area contributed by atoms with Crippen molar-refractivity contribution in [1.82, 2.24) is 15.0 Å². The predicted octanol–water partition coefficient (Wildman–Crippen LogP) is 1.77. The molecule has 0 unspecified atom stereocenters. The van der Waals surface area contributed by atoms with Gasteiger partial charge >= 0.3 is 5.97 Å². The van der Waals surface area contributed by atoms with Crippen LogP contribution in [0.2, 0.25) is 0 Å². The van der Waals surface area contributed by atoms with E-state index in [1.165, 1.54) is 16.9 Å². The topological polar surface area (TPSA) is 88.0 Å². The van der Waals surface area contributed by atoms with E-state index in [-0.39, 0.29) is 5.69 Å². The molecule has 6 nitrogen and oxygen atoms in total. The zero-order valence-electron chi connectivity index (χ0n) is 10.8. The van der Waals surface area contributed by atoms with Crippen LogP contribution in [0.5, 0.6) is 0 Å². The maximum Gasteiger partial charge on any atom is 0.355 e. The number of hydrogen-bond acceptors (Lipinski definition) is 6. The van der Waals surface area contributed by atoms with Crippen LogP contribution in [0.1, 0.15) is 33.2 Å². The van der Waals surface area contributed by atoms with Crippen molar-refractivity contribution in [3.63, 3.8) is 0 Å². The van der Waals surface area contributed by atoms with Crippen molar-refractivity contribution < 1.29 is 9.90 Å². The van der Waals surface area contributed by atoms with Crippen LogP contribution in [-0.2, 0) is 19.3 Å². The van der Waals surface area contributed by atoms with Crippen molar-refractivity contribution in [1.29, 1.82) is 0 Å². The van der Waals surface area contributed by atoms with Crippen LogP contribution >= 0.6 is 11.3 Å². The number of hydrogen-bond donors (Lipinski definition) is 2. The van der Waals surface area contributed by atoms with E-state index in [0.29, 0.717) is 13.0 Å². The fraction of sp³-hybridized carbons (Fsp3) is 0.385. The molecule has 0 radical (unpaired) electrons. The van der Waals surface area contributed by atoms with Crippen molar-refractivity contribution in [2.75, 3.05) is 11.9 Å². The molecule has 2 aromatic heterocycles.